The number of rotatable bonds is 7. The van der Waals surface area contributed by atoms with Gasteiger partial charge in [-0.3, -0.25) is 5.10 Å². The summed E-state index contributed by atoms with van der Waals surface area (Å²) in [5.74, 6) is 0.850. The highest BCUT2D eigenvalue weighted by Crippen LogP contribution is 2.31. The number of likely N-dealkylation sites (tertiary alicyclic amines) is 1. The van der Waals surface area contributed by atoms with Crippen LogP contribution >= 0.6 is 0 Å². The summed E-state index contributed by atoms with van der Waals surface area (Å²) >= 11 is 0. The molecule has 1 aromatic carbocycles. The molecular weight excluding hydrogens is 338 g/mol. The SMILES string of the molecule is COc1ccc(-c2[nH]ncc2-c2cncn2CCCN2CCCCC2)cc1. The highest BCUT2D eigenvalue weighted by molar-refractivity contribution is 5.78. The van der Waals surface area contributed by atoms with Gasteiger partial charge in [-0.1, -0.05) is 6.42 Å². The van der Waals surface area contributed by atoms with Crippen LogP contribution in [0.3, 0.4) is 0 Å². The predicted molar refractivity (Wildman–Crippen MR) is 107 cm³/mol. The molecule has 0 amide bonds. The molecule has 0 aliphatic carbocycles. The van der Waals surface area contributed by atoms with E-state index in [0.29, 0.717) is 0 Å². The summed E-state index contributed by atoms with van der Waals surface area (Å²) in [5, 5.41) is 7.43. The number of aromatic amines is 1. The molecule has 0 atom stereocenters. The van der Waals surface area contributed by atoms with Crippen LogP contribution in [0.15, 0.2) is 43.0 Å². The Morgan fingerprint density at radius 1 is 1.04 bits per heavy atom. The number of aryl methyl sites for hydroxylation is 1. The molecule has 1 N–H and O–H groups in total. The van der Waals surface area contributed by atoms with E-state index in [-0.39, 0.29) is 0 Å². The van der Waals surface area contributed by atoms with Crippen LogP contribution in [0.25, 0.3) is 22.5 Å². The van der Waals surface area contributed by atoms with Crippen molar-refractivity contribution in [2.24, 2.45) is 0 Å². The Kier molecular flexibility index (Phi) is 5.53. The molecular formula is C21H27N5O. The lowest BCUT2D eigenvalue weighted by molar-refractivity contribution is 0.223. The second kappa shape index (κ2) is 8.39. The lowest BCUT2D eigenvalue weighted by atomic mass is 10.1. The minimum atomic E-state index is 0.850. The summed E-state index contributed by atoms with van der Waals surface area (Å²) in [7, 11) is 1.68. The first-order chi connectivity index (χ1) is 13.3. The number of benzene rings is 1. The molecule has 6 nitrogen and oxygen atoms in total. The largest absolute Gasteiger partial charge is 0.497 e. The zero-order valence-electron chi connectivity index (χ0n) is 15.9. The Morgan fingerprint density at radius 3 is 2.63 bits per heavy atom. The maximum absolute atomic E-state index is 5.26. The summed E-state index contributed by atoms with van der Waals surface area (Å²) in [6.45, 7) is 4.63. The Hall–Kier alpha value is -2.60. The highest BCUT2D eigenvalue weighted by Gasteiger charge is 2.15. The van der Waals surface area contributed by atoms with Crippen molar-refractivity contribution in [3.05, 3.63) is 43.0 Å². The lowest BCUT2D eigenvalue weighted by Crippen LogP contribution is -2.31. The Morgan fingerprint density at radius 2 is 1.85 bits per heavy atom. The van der Waals surface area contributed by atoms with Crippen LogP contribution in [-0.2, 0) is 6.54 Å². The first-order valence-corrected chi connectivity index (χ1v) is 9.76. The summed E-state index contributed by atoms with van der Waals surface area (Å²) < 4.78 is 7.50. The minimum absolute atomic E-state index is 0.850. The summed E-state index contributed by atoms with van der Waals surface area (Å²) in [6.07, 6.45) is 11.0. The zero-order chi connectivity index (χ0) is 18.5. The minimum Gasteiger partial charge on any atom is -0.497 e. The number of imidazole rings is 1. The summed E-state index contributed by atoms with van der Waals surface area (Å²) in [6, 6.07) is 8.03. The van der Waals surface area contributed by atoms with Crippen LogP contribution in [0, 0.1) is 0 Å². The molecule has 1 aliphatic rings. The number of H-pyrrole nitrogens is 1. The van der Waals surface area contributed by atoms with Gasteiger partial charge in [-0.25, -0.2) is 4.98 Å². The van der Waals surface area contributed by atoms with E-state index in [2.05, 4.69) is 24.6 Å². The van der Waals surface area contributed by atoms with Crippen molar-refractivity contribution in [1.82, 2.24) is 24.6 Å². The third-order valence-corrected chi connectivity index (χ3v) is 5.33. The standard InChI is InChI=1S/C21H27N5O/c1-27-18-8-6-17(7-9-18)21-19(14-23-24-21)20-15-22-16-26(20)13-5-12-25-10-3-2-4-11-25/h6-9,14-16H,2-5,10-13H2,1H3,(H,23,24). The van der Waals surface area contributed by atoms with Gasteiger partial charge >= 0.3 is 0 Å². The molecule has 1 fully saturated rings. The van der Waals surface area contributed by atoms with E-state index in [0.717, 1.165) is 47.8 Å². The second-order valence-corrected chi connectivity index (χ2v) is 7.12. The summed E-state index contributed by atoms with van der Waals surface area (Å²) in [4.78, 5) is 6.98. The van der Waals surface area contributed by atoms with E-state index in [1.807, 2.05) is 43.0 Å². The maximum Gasteiger partial charge on any atom is 0.118 e. The average Bonchev–Trinajstić information content (AvgIpc) is 3.38. The topological polar surface area (TPSA) is 59.0 Å². The van der Waals surface area contributed by atoms with Gasteiger partial charge in [0.1, 0.15) is 5.75 Å². The van der Waals surface area contributed by atoms with Crippen molar-refractivity contribution in [3.8, 4) is 28.3 Å². The van der Waals surface area contributed by atoms with E-state index in [1.165, 1.54) is 32.4 Å². The van der Waals surface area contributed by atoms with E-state index in [4.69, 9.17) is 4.74 Å². The Balaban J connectivity index is 1.48. The molecule has 3 heterocycles. The fourth-order valence-electron chi connectivity index (χ4n) is 3.83. The summed E-state index contributed by atoms with van der Waals surface area (Å²) in [5.41, 5.74) is 4.28. The van der Waals surface area contributed by atoms with Gasteiger partial charge < -0.3 is 14.2 Å². The molecule has 0 spiro atoms. The number of nitrogens with zero attached hydrogens (tertiary/aromatic N) is 4. The van der Waals surface area contributed by atoms with Gasteiger partial charge in [-0.2, -0.15) is 5.10 Å². The number of aromatic nitrogens is 4. The molecule has 2 aromatic heterocycles. The number of hydrogen-bond acceptors (Lipinski definition) is 4. The van der Waals surface area contributed by atoms with E-state index < -0.39 is 0 Å². The van der Waals surface area contributed by atoms with Crippen LogP contribution in [0.5, 0.6) is 5.75 Å². The number of piperidine rings is 1. The molecule has 142 valence electrons. The van der Waals surface area contributed by atoms with Crippen molar-refractivity contribution < 1.29 is 4.74 Å². The van der Waals surface area contributed by atoms with Crippen LogP contribution in [0.2, 0.25) is 0 Å². The lowest BCUT2D eigenvalue weighted by Gasteiger charge is -2.26. The Labute approximate surface area is 160 Å². The smallest absolute Gasteiger partial charge is 0.118 e. The van der Waals surface area contributed by atoms with Crippen molar-refractivity contribution >= 4 is 0 Å². The van der Waals surface area contributed by atoms with Gasteiger partial charge in [0.15, 0.2) is 0 Å². The predicted octanol–water partition coefficient (Wildman–Crippen LogP) is 3.82. The first-order valence-electron chi connectivity index (χ1n) is 9.76. The second-order valence-electron chi connectivity index (χ2n) is 7.12. The molecule has 0 unspecified atom stereocenters. The molecule has 1 aliphatic heterocycles. The molecule has 27 heavy (non-hydrogen) atoms. The average molecular weight is 365 g/mol. The van der Waals surface area contributed by atoms with Crippen molar-refractivity contribution in [3.63, 3.8) is 0 Å². The molecule has 4 rings (SSSR count). The van der Waals surface area contributed by atoms with E-state index in [1.54, 1.807) is 7.11 Å². The molecule has 6 heteroatoms. The van der Waals surface area contributed by atoms with Crippen molar-refractivity contribution in [2.75, 3.05) is 26.7 Å². The fraction of sp³-hybridized carbons (Fsp3) is 0.429. The first kappa shape index (κ1) is 17.8. The van der Waals surface area contributed by atoms with Gasteiger partial charge in [-0.05, 0) is 63.2 Å². The molecule has 0 saturated carbocycles. The quantitative estimate of drug-likeness (QED) is 0.691. The molecule has 3 aromatic rings. The van der Waals surface area contributed by atoms with Crippen LogP contribution in [0.1, 0.15) is 25.7 Å². The monoisotopic (exact) mass is 365 g/mol. The number of hydrogen-bond donors (Lipinski definition) is 1. The third kappa shape index (κ3) is 4.06. The zero-order valence-corrected chi connectivity index (χ0v) is 15.9. The van der Waals surface area contributed by atoms with Gasteiger partial charge in [0.25, 0.3) is 0 Å². The normalized spacial score (nSPS) is 15.1. The van der Waals surface area contributed by atoms with Crippen molar-refractivity contribution in [1.29, 1.82) is 0 Å². The number of ether oxygens (including phenoxy) is 1. The van der Waals surface area contributed by atoms with Crippen molar-refractivity contribution in [2.45, 2.75) is 32.2 Å². The molecule has 0 radical (unpaired) electrons. The highest BCUT2D eigenvalue weighted by atomic mass is 16.5. The third-order valence-electron chi connectivity index (χ3n) is 5.33. The van der Waals surface area contributed by atoms with Gasteiger partial charge in [0.05, 0.1) is 37.2 Å². The van der Waals surface area contributed by atoms with E-state index >= 15 is 0 Å². The fourth-order valence-corrected chi connectivity index (χ4v) is 3.83. The number of methoxy groups -OCH3 is 1. The van der Waals surface area contributed by atoms with Crippen LogP contribution in [-0.4, -0.2) is 51.4 Å². The van der Waals surface area contributed by atoms with Gasteiger partial charge in [-0.15, -0.1) is 0 Å². The van der Waals surface area contributed by atoms with Crippen LogP contribution < -0.4 is 4.74 Å². The maximum atomic E-state index is 5.26. The van der Waals surface area contributed by atoms with Crippen LogP contribution in [0.4, 0.5) is 0 Å². The molecule has 1 saturated heterocycles. The van der Waals surface area contributed by atoms with Gasteiger partial charge in [0.2, 0.25) is 0 Å². The molecule has 0 bridgehead atoms. The Bertz CT molecular complexity index is 846. The number of nitrogens with one attached hydrogen (secondary N) is 1. The van der Waals surface area contributed by atoms with E-state index in [9.17, 15) is 0 Å². The van der Waals surface area contributed by atoms with Gasteiger partial charge in [0, 0.05) is 17.7 Å².